The number of alkyl halides is 3. The number of pyridine rings is 1. The molecule has 0 radical (unpaired) electrons. The average Bonchev–Trinajstić information content (AvgIpc) is 3.65. The number of nitrogens with one attached hydrogen (secondary N) is 3. The van der Waals surface area contributed by atoms with Gasteiger partial charge in [0.05, 0.1) is 43.5 Å². The molecule has 4 heterocycles. The highest BCUT2D eigenvalue weighted by molar-refractivity contribution is 6.07. The molecule has 0 aliphatic carbocycles. The number of nitrogens with two attached hydrogens (primary N) is 1. The summed E-state index contributed by atoms with van der Waals surface area (Å²) in [7, 11) is 0. The Morgan fingerprint density at radius 1 is 1.21 bits per heavy atom. The van der Waals surface area contributed by atoms with E-state index in [4.69, 9.17) is 19.6 Å². The van der Waals surface area contributed by atoms with E-state index in [1.807, 2.05) is 12.1 Å². The second kappa shape index (κ2) is 13.0. The van der Waals surface area contributed by atoms with Crippen LogP contribution in [0.1, 0.15) is 26.5 Å². The van der Waals surface area contributed by atoms with E-state index in [0.29, 0.717) is 25.5 Å². The number of morpholine rings is 1. The van der Waals surface area contributed by atoms with Gasteiger partial charge in [-0.1, -0.05) is 12.1 Å². The number of ether oxygens (including phenoxy) is 2. The third kappa shape index (κ3) is 7.94. The van der Waals surface area contributed by atoms with Crippen molar-refractivity contribution < 1.29 is 36.7 Å². The monoisotopic (exact) mass is 600 g/mol. The van der Waals surface area contributed by atoms with Crippen molar-refractivity contribution in [2.75, 3.05) is 43.5 Å². The number of primary amides is 1. The van der Waals surface area contributed by atoms with Gasteiger partial charge < -0.3 is 35.6 Å². The number of nitrogens with zero attached hydrogens (tertiary/aromatic N) is 4. The van der Waals surface area contributed by atoms with Crippen molar-refractivity contribution in [1.82, 2.24) is 25.1 Å². The minimum Gasteiger partial charge on any atom is -0.444 e. The predicted molar refractivity (Wildman–Crippen MR) is 147 cm³/mol. The number of benzene rings is 1. The summed E-state index contributed by atoms with van der Waals surface area (Å²) >= 11 is 0. The first kappa shape index (κ1) is 29.7. The van der Waals surface area contributed by atoms with E-state index in [1.165, 1.54) is 29.2 Å². The smallest absolute Gasteiger partial charge is 0.405 e. The van der Waals surface area contributed by atoms with Crippen LogP contribution < -0.4 is 21.7 Å². The van der Waals surface area contributed by atoms with Crippen molar-refractivity contribution in [3.05, 3.63) is 72.0 Å². The lowest BCUT2D eigenvalue weighted by atomic mass is 10.2. The van der Waals surface area contributed by atoms with Gasteiger partial charge in [0, 0.05) is 24.8 Å². The molecule has 0 bridgehead atoms. The van der Waals surface area contributed by atoms with Crippen LogP contribution in [0.3, 0.4) is 0 Å². The summed E-state index contributed by atoms with van der Waals surface area (Å²) < 4.78 is 55.6. The standard InChI is InChI=1S/C27H27F3N8O5/c28-27(29,30)15-34-22-9-17(5-6-33-22)26-36-21(14-43-26)25(40)35-20-11-38(37-23(20)24(31)39)18-3-1-16(2-4-18)12-41-13-19-10-32-7-8-42-19/h1-6,9,11,14,19,32H,7-8,10,12-13,15H2,(H2,31,39)(H,33,34)(H,35,40). The number of carbonyl (C=O) groups excluding carboxylic acids is 2. The molecule has 0 saturated carbocycles. The highest BCUT2D eigenvalue weighted by atomic mass is 19.4. The summed E-state index contributed by atoms with van der Waals surface area (Å²) in [5.41, 5.74) is 7.01. The highest BCUT2D eigenvalue weighted by Gasteiger charge is 2.27. The minimum absolute atomic E-state index is 0.0132. The molecular formula is C27H27F3N8O5. The second-order valence-electron chi connectivity index (χ2n) is 9.47. The van der Waals surface area contributed by atoms with Gasteiger partial charge >= 0.3 is 6.18 Å². The topological polar surface area (TPSA) is 171 Å². The van der Waals surface area contributed by atoms with Gasteiger partial charge in [-0.3, -0.25) is 9.59 Å². The van der Waals surface area contributed by atoms with E-state index in [9.17, 15) is 22.8 Å². The number of rotatable bonds is 11. The highest BCUT2D eigenvalue weighted by Crippen LogP contribution is 2.24. The first-order valence-electron chi connectivity index (χ1n) is 13.1. The van der Waals surface area contributed by atoms with Crippen LogP contribution >= 0.6 is 0 Å². The number of halogens is 3. The number of anilines is 2. The first-order chi connectivity index (χ1) is 20.6. The molecular weight excluding hydrogens is 573 g/mol. The molecule has 13 nitrogen and oxygen atoms in total. The Bertz CT molecular complexity index is 1570. The number of hydrogen-bond donors (Lipinski definition) is 4. The Kier molecular flexibility index (Phi) is 8.98. The molecule has 1 fully saturated rings. The molecule has 4 aromatic rings. The van der Waals surface area contributed by atoms with E-state index >= 15 is 0 Å². The van der Waals surface area contributed by atoms with Gasteiger partial charge in [-0.05, 0) is 29.8 Å². The Morgan fingerprint density at radius 3 is 2.74 bits per heavy atom. The molecule has 5 N–H and O–H groups in total. The zero-order chi connectivity index (χ0) is 30.4. The lowest BCUT2D eigenvalue weighted by Crippen LogP contribution is -2.40. The molecule has 5 rings (SSSR count). The van der Waals surface area contributed by atoms with Gasteiger partial charge in [0.15, 0.2) is 11.4 Å². The van der Waals surface area contributed by atoms with Gasteiger partial charge in [-0.15, -0.1) is 0 Å². The Balaban J connectivity index is 1.23. The lowest BCUT2D eigenvalue weighted by molar-refractivity contribution is -0.115. The molecule has 1 aromatic carbocycles. The van der Waals surface area contributed by atoms with Gasteiger partial charge in [0.25, 0.3) is 11.8 Å². The van der Waals surface area contributed by atoms with Crippen molar-refractivity contribution in [2.24, 2.45) is 5.73 Å². The third-order valence-electron chi connectivity index (χ3n) is 6.19. The van der Waals surface area contributed by atoms with Crippen molar-refractivity contribution in [1.29, 1.82) is 0 Å². The molecule has 1 unspecified atom stereocenters. The quantitative estimate of drug-likeness (QED) is 0.201. The first-order valence-corrected chi connectivity index (χ1v) is 13.1. The van der Waals surface area contributed by atoms with Gasteiger partial charge in [0.1, 0.15) is 18.6 Å². The van der Waals surface area contributed by atoms with Crippen molar-refractivity contribution in [2.45, 2.75) is 18.9 Å². The second-order valence-corrected chi connectivity index (χ2v) is 9.47. The number of aromatic nitrogens is 4. The van der Waals surface area contributed by atoms with Crippen LogP contribution in [0.15, 0.2) is 59.5 Å². The Morgan fingerprint density at radius 2 is 2.02 bits per heavy atom. The van der Waals surface area contributed by atoms with Crippen LogP contribution in [0.25, 0.3) is 17.1 Å². The maximum absolute atomic E-state index is 12.9. The summed E-state index contributed by atoms with van der Waals surface area (Å²) in [5.74, 6) is -1.67. The van der Waals surface area contributed by atoms with Crippen molar-refractivity contribution >= 4 is 23.3 Å². The number of oxazole rings is 1. The van der Waals surface area contributed by atoms with Gasteiger partial charge in [0.2, 0.25) is 5.89 Å². The van der Waals surface area contributed by atoms with Gasteiger partial charge in [-0.25, -0.2) is 14.6 Å². The maximum Gasteiger partial charge on any atom is 0.405 e. The number of hydrogen-bond acceptors (Lipinski definition) is 10. The molecule has 0 spiro atoms. The van der Waals surface area contributed by atoms with E-state index in [1.54, 1.807) is 12.1 Å². The fraction of sp³-hybridized carbons (Fsp3) is 0.296. The molecule has 1 aliphatic rings. The fourth-order valence-corrected chi connectivity index (χ4v) is 4.11. The zero-order valence-electron chi connectivity index (χ0n) is 22.6. The largest absolute Gasteiger partial charge is 0.444 e. The van der Waals surface area contributed by atoms with Gasteiger partial charge in [-0.2, -0.15) is 18.3 Å². The number of carbonyl (C=O) groups is 2. The van der Waals surface area contributed by atoms with Crippen molar-refractivity contribution in [3.63, 3.8) is 0 Å². The lowest BCUT2D eigenvalue weighted by Gasteiger charge is -2.23. The van der Waals surface area contributed by atoms with E-state index in [0.717, 1.165) is 24.9 Å². The van der Waals surface area contributed by atoms with E-state index in [-0.39, 0.29) is 40.5 Å². The fourth-order valence-electron chi connectivity index (χ4n) is 4.11. The molecule has 1 atom stereocenters. The van der Waals surface area contributed by atoms with Crippen LogP contribution in [0.5, 0.6) is 0 Å². The predicted octanol–water partition coefficient (Wildman–Crippen LogP) is 2.75. The third-order valence-corrected chi connectivity index (χ3v) is 6.19. The maximum atomic E-state index is 12.9. The van der Waals surface area contributed by atoms with Crippen LogP contribution in [-0.2, 0) is 16.1 Å². The summed E-state index contributed by atoms with van der Waals surface area (Å²) in [5, 5.41) is 12.2. The molecule has 43 heavy (non-hydrogen) atoms. The summed E-state index contributed by atoms with van der Waals surface area (Å²) in [6.07, 6.45) is -0.641. The Hall–Kier alpha value is -4.80. The normalized spacial score (nSPS) is 15.3. The summed E-state index contributed by atoms with van der Waals surface area (Å²) in [4.78, 5) is 32.9. The Labute approximate surface area is 242 Å². The van der Waals surface area contributed by atoms with E-state index in [2.05, 4.69) is 31.0 Å². The molecule has 1 saturated heterocycles. The average molecular weight is 601 g/mol. The summed E-state index contributed by atoms with van der Waals surface area (Å²) in [6.45, 7) is 1.82. The van der Waals surface area contributed by atoms with Crippen LogP contribution in [0.2, 0.25) is 0 Å². The van der Waals surface area contributed by atoms with Crippen molar-refractivity contribution in [3.8, 4) is 17.1 Å². The molecule has 2 amide bonds. The van der Waals surface area contributed by atoms with E-state index < -0.39 is 24.5 Å². The van der Waals surface area contributed by atoms with Crippen LogP contribution in [-0.4, -0.2) is 76.7 Å². The molecule has 1 aliphatic heterocycles. The zero-order valence-corrected chi connectivity index (χ0v) is 22.6. The summed E-state index contributed by atoms with van der Waals surface area (Å²) in [6, 6.07) is 10.0. The minimum atomic E-state index is -4.43. The van der Waals surface area contributed by atoms with Crippen LogP contribution in [0.4, 0.5) is 24.7 Å². The van der Waals surface area contributed by atoms with Crippen LogP contribution in [0, 0.1) is 0 Å². The molecule has 3 aromatic heterocycles. The SMILES string of the molecule is NC(=O)c1nn(-c2ccc(COCC3CNCCO3)cc2)cc1NC(=O)c1coc(-c2ccnc(NCC(F)(F)F)c2)n1. The molecule has 226 valence electrons. The number of amides is 2. The molecule has 16 heteroatoms.